The third-order valence-corrected chi connectivity index (χ3v) is 4.48. The second kappa shape index (κ2) is 4.79. The van der Waals surface area contributed by atoms with E-state index in [9.17, 15) is 9.59 Å². The molecule has 0 radical (unpaired) electrons. The molecule has 0 unspecified atom stereocenters. The summed E-state index contributed by atoms with van der Waals surface area (Å²) >= 11 is 0. The summed E-state index contributed by atoms with van der Waals surface area (Å²) in [6.45, 7) is 0.468. The normalized spacial score (nSPS) is 22.4. The predicted octanol–water partition coefficient (Wildman–Crippen LogP) is 1.66. The summed E-state index contributed by atoms with van der Waals surface area (Å²) in [5.74, 6) is 0.0235. The summed E-state index contributed by atoms with van der Waals surface area (Å²) in [5, 5.41) is 0. The maximum atomic E-state index is 12.2. The Labute approximate surface area is 112 Å². The van der Waals surface area contributed by atoms with Crippen molar-refractivity contribution in [3.05, 3.63) is 18.2 Å². The number of aromatic nitrogens is 2. The van der Waals surface area contributed by atoms with Gasteiger partial charge in [-0.25, -0.2) is 4.98 Å². The standard InChI is InChI=1S/C14H19N3O2/c18-12-7-14(4-1-2-5-14)8-13(19)17(12)6-3-11-9-15-10-16-11/h9-10H,1-8H2,(H,15,16). The highest BCUT2D eigenvalue weighted by molar-refractivity contribution is 5.98. The third-order valence-electron chi connectivity index (χ3n) is 4.48. The molecule has 1 aromatic rings. The van der Waals surface area contributed by atoms with Crippen LogP contribution in [0.5, 0.6) is 0 Å². The lowest BCUT2D eigenvalue weighted by molar-refractivity contribution is -0.153. The Morgan fingerprint density at radius 3 is 2.47 bits per heavy atom. The summed E-state index contributed by atoms with van der Waals surface area (Å²) in [7, 11) is 0. The number of hydrogen-bond donors (Lipinski definition) is 1. The molecule has 0 aromatic carbocycles. The number of rotatable bonds is 3. The highest BCUT2D eigenvalue weighted by atomic mass is 16.2. The van der Waals surface area contributed by atoms with Crippen LogP contribution in [0.15, 0.2) is 12.5 Å². The first-order valence-electron chi connectivity index (χ1n) is 6.99. The van der Waals surface area contributed by atoms with Gasteiger partial charge in [0, 0.05) is 37.7 Å². The van der Waals surface area contributed by atoms with Gasteiger partial charge in [-0.1, -0.05) is 12.8 Å². The zero-order chi connectivity index (χ0) is 13.3. The molecule has 0 atom stereocenters. The second-order valence-electron chi connectivity index (χ2n) is 5.83. The molecule has 5 nitrogen and oxygen atoms in total. The van der Waals surface area contributed by atoms with Crippen LogP contribution in [0.2, 0.25) is 0 Å². The summed E-state index contributed by atoms with van der Waals surface area (Å²) in [6.07, 6.45) is 9.52. The first kappa shape index (κ1) is 12.4. The zero-order valence-corrected chi connectivity index (χ0v) is 11.0. The average Bonchev–Trinajstić information content (AvgIpc) is 3.00. The largest absolute Gasteiger partial charge is 0.348 e. The second-order valence-corrected chi connectivity index (χ2v) is 5.83. The molecule has 1 aromatic heterocycles. The molecule has 3 rings (SSSR count). The Morgan fingerprint density at radius 1 is 1.21 bits per heavy atom. The highest BCUT2D eigenvalue weighted by Crippen LogP contribution is 2.46. The predicted molar refractivity (Wildman–Crippen MR) is 69.1 cm³/mol. The number of aromatic amines is 1. The fraction of sp³-hybridized carbons (Fsp3) is 0.643. The monoisotopic (exact) mass is 261 g/mol. The molecule has 1 saturated carbocycles. The number of piperidine rings is 1. The van der Waals surface area contributed by atoms with Crippen LogP contribution in [0.3, 0.4) is 0 Å². The van der Waals surface area contributed by atoms with Crippen molar-refractivity contribution in [1.29, 1.82) is 0 Å². The number of amides is 2. The summed E-state index contributed by atoms with van der Waals surface area (Å²) < 4.78 is 0. The minimum Gasteiger partial charge on any atom is -0.348 e. The summed E-state index contributed by atoms with van der Waals surface area (Å²) in [4.78, 5) is 32.8. The van der Waals surface area contributed by atoms with Crippen LogP contribution in [-0.4, -0.2) is 33.2 Å². The van der Waals surface area contributed by atoms with Crippen molar-refractivity contribution in [3.8, 4) is 0 Å². The number of nitrogens with zero attached hydrogens (tertiary/aromatic N) is 2. The number of likely N-dealkylation sites (tertiary alicyclic amines) is 1. The lowest BCUT2D eigenvalue weighted by atomic mass is 9.76. The van der Waals surface area contributed by atoms with Crippen LogP contribution in [0, 0.1) is 5.41 Å². The van der Waals surface area contributed by atoms with E-state index in [0.717, 1.165) is 31.4 Å². The van der Waals surface area contributed by atoms with Gasteiger partial charge in [-0.05, 0) is 18.3 Å². The Hall–Kier alpha value is -1.65. The number of carbonyl (C=O) groups excluding carboxylic acids is 2. The van der Waals surface area contributed by atoms with E-state index in [0.29, 0.717) is 25.8 Å². The molecule has 2 aliphatic rings. The number of carbonyl (C=O) groups is 2. The molecule has 1 N–H and O–H groups in total. The van der Waals surface area contributed by atoms with E-state index in [-0.39, 0.29) is 17.2 Å². The van der Waals surface area contributed by atoms with Crippen molar-refractivity contribution in [1.82, 2.24) is 14.9 Å². The fourth-order valence-electron chi connectivity index (χ4n) is 3.42. The molecule has 19 heavy (non-hydrogen) atoms. The van der Waals surface area contributed by atoms with E-state index in [2.05, 4.69) is 9.97 Å². The zero-order valence-electron chi connectivity index (χ0n) is 11.0. The van der Waals surface area contributed by atoms with E-state index >= 15 is 0 Å². The number of imidazole rings is 1. The number of hydrogen-bond acceptors (Lipinski definition) is 3. The molecule has 1 saturated heterocycles. The van der Waals surface area contributed by atoms with E-state index in [4.69, 9.17) is 0 Å². The molecule has 2 fully saturated rings. The van der Waals surface area contributed by atoms with Crippen molar-refractivity contribution in [3.63, 3.8) is 0 Å². The first-order chi connectivity index (χ1) is 9.19. The van der Waals surface area contributed by atoms with Crippen LogP contribution in [-0.2, 0) is 16.0 Å². The van der Waals surface area contributed by atoms with Crippen molar-refractivity contribution >= 4 is 11.8 Å². The van der Waals surface area contributed by atoms with Crippen LogP contribution >= 0.6 is 0 Å². The van der Waals surface area contributed by atoms with E-state index in [1.807, 2.05) is 0 Å². The van der Waals surface area contributed by atoms with E-state index < -0.39 is 0 Å². The van der Waals surface area contributed by atoms with Crippen LogP contribution in [0.4, 0.5) is 0 Å². The average molecular weight is 261 g/mol. The number of imide groups is 1. The van der Waals surface area contributed by atoms with Gasteiger partial charge in [0.1, 0.15) is 0 Å². The quantitative estimate of drug-likeness (QED) is 0.841. The minimum absolute atomic E-state index is 0.00134. The molecule has 2 amide bonds. The van der Waals surface area contributed by atoms with Crippen molar-refractivity contribution in [2.45, 2.75) is 44.9 Å². The van der Waals surface area contributed by atoms with Crippen LogP contribution in [0.25, 0.3) is 0 Å². The number of nitrogens with one attached hydrogen (secondary N) is 1. The first-order valence-corrected chi connectivity index (χ1v) is 6.99. The topological polar surface area (TPSA) is 66.1 Å². The summed E-state index contributed by atoms with van der Waals surface area (Å²) in [6, 6.07) is 0. The van der Waals surface area contributed by atoms with E-state index in [1.54, 1.807) is 12.5 Å². The van der Waals surface area contributed by atoms with Gasteiger partial charge in [0.15, 0.2) is 0 Å². The molecule has 1 aliphatic carbocycles. The molecule has 0 bridgehead atoms. The fourth-order valence-corrected chi connectivity index (χ4v) is 3.42. The van der Waals surface area contributed by atoms with Gasteiger partial charge in [0.05, 0.1) is 6.33 Å². The lowest BCUT2D eigenvalue weighted by Gasteiger charge is -2.37. The van der Waals surface area contributed by atoms with Crippen LogP contribution in [0.1, 0.15) is 44.2 Å². The van der Waals surface area contributed by atoms with Gasteiger partial charge in [0.25, 0.3) is 0 Å². The minimum atomic E-state index is -0.00134. The van der Waals surface area contributed by atoms with Crippen molar-refractivity contribution < 1.29 is 9.59 Å². The van der Waals surface area contributed by atoms with Gasteiger partial charge in [-0.15, -0.1) is 0 Å². The third kappa shape index (κ3) is 2.41. The van der Waals surface area contributed by atoms with Gasteiger partial charge >= 0.3 is 0 Å². The Bertz CT molecular complexity index is 455. The number of H-pyrrole nitrogens is 1. The SMILES string of the molecule is O=C1CC2(CCCC2)CC(=O)N1CCc1cnc[nH]1. The van der Waals surface area contributed by atoms with Crippen molar-refractivity contribution in [2.75, 3.05) is 6.54 Å². The summed E-state index contributed by atoms with van der Waals surface area (Å²) in [5.41, 5.74) is 0.959. The molecular weight excluding hydrogens is 242 g/mol. The Kier molecular flexibility index (Phi) is 3.12. The van der Waals surface area contributed by atoms with Gasteiger partial charge in [-0.3, -0.25) is 14.5 Å². The van der Waals surface area contributed by atoms with E-state index in [1.165, 1.54) is 4.90 Å². The van der Waals surface area contributed by atoms with Crippen molar-refractivity contribution in [2.24, 2.45) is 5.41 Å². The molecule has 102 valence electrons. The van der Waals surface area contributed by atoms with Gasteiger partial charge in [-0.2, -0.15) is 0 Å². The maximum Gasteiger partial charge on any atom is 0.229 e. The maximum absolute atomic E-state index is 12.2. The van der Waals surface area contributed by atoms with Crippen LogP contribution < -0.4 is 0 Å². The molecular formula is C14H19N3O2. The molecule has 1 spiro atoms. The highest BCUT2D eigenvalue weighted by Gasteiger charge is 2.44. The van der Waals surface area contributed by atoms with Gasteiger partial charge in [0.2, 0.25) is 11.8 Å². The molecule has 5 heteroatoms. The smallest absolute Gasteiger partial charge is 0.229 e. The molecule has 2 heterocycles. The molecule has 1 aliphatic heterocycles. The Balaban J connectivity index is 1.64. The Morgan fingerprint density at radius 2 is 1.89 bits per heavy atom. The van der Waals surface area contributed by atoms with Gasteiger partial charge < -0.3 is 4.98 Å². The lowest BCUT2D eigenvalue weighted by Crippen LogP contribution is -2.47.